The zero-order valence-corrected chi connectivity index (χ0v) is 13.4. The van der Waals surface area contributed by atoms with E-state index < -0.39 is 5.97 Å². The van der Waals surface area contributed by atoms with Crippen LogP contribution in [0, 0.1) is 0 Å². The average Bonchev–Trinajstić information content (AvgIpc) is 3.03. The van der Waals surface area contributed by atoms with Crippen molar-refractivity contribution in [3.63, 3.8) is 0 Å². The number of nitrogens with one attached hydrogen (secondary N) is 2. The largest absolute Gasteiger partial charge is 0.478 e. The summed E-state index contributed by atoms with van der Waals surface area (Å²) in [6, 6.07) is 14.2. The summed E-state index contributed by atoms with van der Waals surface area (Å²) in [5, 5.41) is 15.7. The quantitative estimate of drug-likeness (QED) is 0.713. The van der Waals surface area contributed by atoms with Crippen molar-refractivity contribution in [2.24, 2.45) is 0 Å². The second-order valence-corrected chi connectivity index (χ2v) is 6.14. The fourth-order valence-electron chi connectivity index (χ4n) is 3.05. The van der Waals surface area contributed by atoms with Crippen LogP contribution in [0.2, 0.25) is 0 Å². The van der Waals surface area contributed by atoms with Crippen LogP contribution in [0.1, 0.15) is 17.5 Å². The molecule has 1 aliphatic heterocycles. The van der Waals surface area contributed by atoms with Crippen LogP contribution in [0.4, 0.5) is 5.82 Å². The Morgan fingerprint density at radius 1 is 1.29 bits per heavy atom. The molecule has 5 heteroatoms. The van der Waals surface area contributed by atoms with Gasteiger partial charge in [0.2, 0.25) is 0 Å². The van der Waals surface area contributed by atoms with E-state index in [9.17, 15) is 4.79 Å². The molecule has 0 bridgehead atoms. The maximum atomic E-state index is 10.6. The number of carboxylic acids is 1. The normalized spacial score (nSPS) is 20.3. The third-order valence-electron chi connectivity index (χ3n) is 4.23. The highest BCUT2D eigenvalue weighted by atomic mass is 16.4. The van der Waals surface area contributed by atoms with Crippen molar-refractivity contribution >= 4 is 17.9 Å². The average molecular weight is 323 g/mol. The summed E-state index contributed by atoms with van der Waals surface area (Å²) in [4.78, 5) is 15.0. The number of pyridine rings is 1. The van der Waals surface area contributed by atoms with Gasteiger partial charge in [0.05, 0.1) is 5.54 Å². The lowest BCUT2D eigenvalue weighted by Gasteiger charge is -2.30. The van der Waals surface area contributed by atoms with Gasteiger partial charge in [-0.15, -0.1) is 0 Å². The molecule has 1 saturated heterocycles. The second kappa shape index (κ2) is 7.27. The molecule has 1 atom stereocenters. The molecular weight excluding hydrogens is 302 g/mol. The number of rotatable bonds is 6. The van der Waals surface area contributed by atoms with Crippen molar-refractivity contribution in [1.82, 2.24) is 10.3 Å². The maximum Gasteiger partial charge on any atom is 0.328 e. The molecule has 5 nitrogen and oxygen atoms in total. The van der Waals surface area contributed by atoms with Crippen LogP contribution < -0.4 is 10.6 Å². The number of nitrogens with zero attached hydrogens (tertiary/aromatic N) is 1. The Morgan fingerprint density at radius 3 is 2.75 bits per heavy atom. The molecule has 3 N–H and O–H groups in total. The predicted molar refractivity (Wildman–Crippen MR) is 94.9 cm³/mol. The lowest BCUT2D eigenvalue weighted by molar-refractivity contribution is -0.131. The molecular formula is C19H21N3O2. The second-order valence-electron chi connectivity index (χ2n) is 6.14. The van der Waals surface area contributed by atoms with Gasteiger partial charge in [-0.2, -0.15) is 0 Å². The lowest BCUT2D eigenvalue weighted by atomic mass is 9.90. The third kappa shape index (κ3) is 4.20. The summed E-state index contributed by atoms with van der Waals surface area (Å²) in [5.74, 6) is -0.154. The number of carbonyl (C=O) groups is 1. The number of anilines is 1. The first kappa shape index (κ1) is 16.2. The summed E-state index contributed by atoms with van der Waals surface area (Å²) < 4.78 is 0. The molecule has 1 fully saturated rings. The Balaban J connectivity index is 1.73. The Morgan fingerprint density at radius 2 is 2.12 bits per heavy atom. The lowest BCUT2D eigenvalue weighted by Crippen LogP contribution is -2.43. The fraction of sp³-hybridized carbons (Fsp3) is 0.263. The van der Waals surface area contributed by atoms with Gasteiger partial charge in [-0.3, -0.25) is 0 Å². The minimum atomic E-state index is -0.962. The standard InChI is InChI=1S/C19H21N3O2/c23-18(24)9-7-16-6-8-17(21-13-16)22-19(10-11-20-14-19)12-15-4-2-1-3-5-15/h1-9,13,20H,10-12,14H2,(H,21,22)(H,23,24)/t19-/m1/s1. The predicted octanol–water partition coefficient (Wildman–Crippen LogP) is 2.57. The van der Waals surface area contributed by atoms with Gasteiger partial charge in [0, 0.05) is 18.8 Å². The highest BCUT2D eigenvalue weighted by Gasteiger charge is 2.34. The van der Waals surface area contributed by atoms with Gasteiger partial charge in [0.25, 0.3) is 0 Å². The van der Waals surface area contributed by atoms with Crippen LogP contribution in [0.25, 0.3) is 6.08 Å². The molecule has 3 rings (SSSR count). The summed E-state index contributed by atoms with van der Waals surface area (Å²) in [6.07, 6.45) is 6.30. The molecule has 1 aromatic carbocycles. The maximum absolute atomic E-state index is 10.6. The van der Waals surface area contributed by atoms with E-state index >= 15 is 0 Å². The van der Waals surface area contributed by atoms with Gasteiger partial charge >= 0.3 is 5.97 Å². The molecule has 24 heavy (non-hydrogen) atoms. The van der Waals surface area contributed by atoms with E-state index in [1.54, 1.807) is 6.20 Å². The van der Waals surface area contributed by atoms with Crippen molar-refractivity contribution in [1.29, 1.82) is 0 Å². The Labute approximate surface area is 141 Å². The molecule has 2 aromatic rings. The molecule has 1 aromatic heterocycles. The number of hydrogen-bond donors (Lipinski definition) is 3. The van der Waals surface area contributed by atoms with Crippen molar-refractivity contribution in [3.05, 3.63) is 65.9 Å². The van der Waals surface area contributed by atoms with Crippen LogP contribution in [-0.2, 0) is 11.2 Å². The first-order valence-corrected chi connectivity index (χ1v) is 8.05. The molecule has 0 aliphatic carbocycles. The number of carboxylic acid groups (broad SMARTS) is 1. The molecule has 0 saturated carbocycles. The van der Waals surface area contributed by atoms with Crippen LogP contribution in [0.5, 0.6) is 0 Å². The molecule has 0 unspecified atom stereocenters. The van der Waals surface area contributed by atoms with Gasteiger partial charge in [0.15, 0.2) is 0 Å². The van der Waals surface area contributed by atoms with E-state index in [-0.39, 0.29) is 5.54 Å². The fourth-order valence-corrected chi connectivity index (χ4v) is 3.05. The molecule has 2 heterocycles. The molecule has 0 radical (unpaired) electrons. The number of hydrogen-bond acceptors (Lipinski definition) is 4. The zero-order valence-electron chi connectivity index (χ0n) is 13.4. The van der Waals surface area contributed by atoms with Crippen molar-refractivity contribution in [2.75, 3.05) is 18.4 Å². The van der Waals surface area contributed by atoms with Crippen LogP contribution in [-0.4, -0.2) is 34.7 Å². The topological polar surface area (TPSA) is 74.2 Å². The van der Waals surface area contributed by atoms with E-state index in [2.05, 4.69) is 39.9 Å². The minimum absolute atomic E-state index is 0.0488. The van der Waals surface area contributed by atoms with Gasteiger partial charge in [-0.25, -0.2) is 9.78 Å². The van der Waals surface area contributed by atoms with Crippen LogP contribution in [0.15, 0.2) is 54.7 Å². The molecule has 1 aliphatic rings. The van der Waals surface area contributed by atoms with Gasteiger partial charge in [-0.1, -0.05) is 30.3 Å². The summed E-state index contributed by atoms with van der Waals surface area (Å²) >= 11 is 0. The van der Waals surface area contributed by atoms with E-state index in [1.165, 1.54) is 11.6 Å². The molecule has 0 spiro atoms. The first-order valence-electron chi connectivity index (χ1n) is 8.05. The van der Waals surface area contributed by atoms with Gasteiger partial charge < -0.3 is 15.7 Å². The highest BCUT2D eigenvalue weighted by Crippen LogP contribution is 2.25. The van der Waals surface area contributed by atoms with Crippen molar-refractivity contribution < 1.29 is 9.90 Å². The Bertz CT molecular complexity index is 705. The van der Waals surface area contributed by atoms with Gasteiger partial charge in [0.1, 0.15) is 5.82 Å². The monoisotopic (exact) mass is 323 g/mol. The SMILES string of the molecule is O=C(O)C=Cc1ccc(N[C@@]2(Cc3ccccc3)CCNC2)nc1. The number of aromatic nitrogens is 1. The van der Waals surface area contributed by atoms with Crippen molar-refractivity contribution in [3.8, 4) is 0 Å². The summed E-state index contributed by atoms with van der Waals surface area (Å²) in [5.41, 5.74) is 2.02. The minimum Gasteiger partial charge on any atom is -0.478 e. The van der Waals surface area contributed by atoms with Gasteiger partial charge in [-0.05, 0) is 48.7 Å². The summed E-state index contributed by atoms with van der Waals surface area (Å²) in [7, 11) is 0. The summed E-state index contributed by atoms with van der Waals surface area (Å²) in [6.45, 7) is 1.88. The third-order valence-corrected chi connectivity index (χ3v) is 4.23. The zero-order chi connectivity index (χ0) is 16.8. The van der Waals surface area contributed by atoms with E-state index in [4.69, 9.17) is 5.11 Å². The Kier molecular flexibility index (Phi) is 4.91. The smallest absolute Gasteiger partial charge is 0.328 e. The van der Waals surface area contributed by atoms with E-state index in [1.807, 2.05) is 18.2 Å². The number of benzene rings is 1. The van der Waals surface area contributed by atoms with Crippen LogP contribution in [0.3, 0.4) is 0 Å². The highest BCUT2D eigenvalue weighted by molar-refractivity contribution is 5.85. The van der Waals surface area contributed by atoms with E-state index in [0.717, 1.165) is 43.4 Å². The van der Waals surface area contributed by atoms with E-state index in [0.29, 0.717) is 0 Å². The molecule has 124 valence electrons. The van der Waals surface area contributed by atoms with Crippen LogP contribution >= 0.6 is 0 Å². The van der Waals surface area contributed by atoms with Crippen molar-refractivity contribution in [2.45, 2.75) is 18.4 Å². The number of aliphatic carboxylic acids is 1. The first-order chi connectivity index (χ1) is 11.7. The molecule has 0 amide bonds. The Hall–Kier alpha value is -2.66.